The number of benzene rings is 1. The topological polar surface area (TPSA) is 0 Å². The lowest BCUT2D eigenvalue weighted by atomic mass is 10.1. The zero-order chi connectivity index (χ0) is 9.14. The molecule has 0 nitrogen and oxygen atoms in total. The lowest BCUT2D eigenvalue weighted by Gasteiger charge is -2.09. The summed E-state index contributed by atoms with van der Waals surface area (Å²) in [6.45, 7) is 3.71. The van der Waals surface area contributed by atoms with Crippen LogP contribution in [0, 0.1) is 12.7 Å². The molecule has 0 amide bonds. The van der Waals surface area contributed by atoms with Crippen molar-refractivity contribution in [2.75, 3.05) is 0 Å². The Morgan fingerprint density at radius 3 is 2.75 bits per heavy atom. The summed E-state index contributed by atoms with van der Waals surface area (Å²) in [5, 5.41) is 0.105. The largest absolute Gasteiger partial charge is 0.206 e. The standard InChI is InChI=1S/C9H11FS2/c1-6-4-3-5-8(9(6)10)7(2)12-11/h3-5,7,11H,1-2H3. The van der Waals surface area contributed by atoms with Crippen molar-refractivity contribution in [2.45, 2.75) is 19.1 Å². The summed E-state index contributed by atoms with van der Waals surface area (Å²) < 4.78 is 13.4. The number of hydrogen-bond donors (Lipinski definition) is 1. The van der Waals surface area contributed by atoms with E-state index in [-0.39, 0.29) is 11.1 Å². The summed E-state index contributed by atoms with van der Waals surface area (Å²) in [6, 6.07) is 5.44. The maximum absolute atomic E-state index is 13.4. The molecule has 0 fully saturated rings. The molecule has 12 heavy (non-hydrogen) atoms. The van der Waals surface area contributed by atoms with Crippen molar-refractivity contribution in [1.29, 1.82) is 0 Å². The van der Waals surface area contributed by atoms with Gasteiger partial charge in [-0.1, -0.05) is 29.0 Å². The van der Waals surface area contributed by atoms with Gasteiger partial charge in [0.2, 0.25) is 0 Å². The van der Waals surface area contributed by atoms with Crippen LogP contribution in [0.2, 0.25) is 0 Å². The molecule has 0 aliphatic rings. The molecule has 1 aromatic carbocycles. The SMILES string of the molecule is Cc1cccc(C(C)SS)c1F. The molecule has 0 heterocycles. The summed E-state index contributed by atoms with van der Waals surface area (Å²) in [7, 11) is 1.36. The summed E-state index contributed by atoms with van der Waals surface area (Å²) in [4.78, 5) is 0. The molecule has 1 aromatic rings. The van der Waals surface area contributed by atoms with Crippen LogP contribution in [0.25, 0.3) is 0 Å². The van der Waals surface area contributed by atoms with Crippen molar-refractivity contribution in [2.24, 2.45) is 0 Å². The Morgan fingerprint density at radius 1 is 1.50 bits per heavy atom. The van der Waals surface area contributed by atoms with Crippen molar-refractivity contribution < 1.29 is 4.39 Å². The molecule has 0 aliphatic heterocycles. The minimum Gasteiger partial charge on any atom is -0.206 e. The highest BCUT2D eigenvalue weighted by Crippen LogP contribution is 2.32. The molecule has 0 saturated carbocycles. The zero-order valence-corrected chi connectivity index (χ0v) is 8.75. The first kappa shape index (κ1) is 9.93. The van der Waals surface area contributed by atoms with Gasteiger partial charge in [0.05, 0.1) is 0 Å². The number of rotatable bonds is 2. The third-order valence-electron chi connectivity index (χ3n) is 1.82. The third kappa shape index (κ3) is 1.96. The summed E-state index contributed by atoms with van der Waals surface area (Å²) in [6.07, 6.45) is 0. The second-order valence-corrected chi connectivity index (χ2v) is 4.28. The maximum Gasteiger partial charge on any atom is 0.130 e. The van der Waals surface area contributed by atoms with E-state index in [1.54, 1.807) is 19.1 Å². The Hall–Kier alpha value is -0.150. The summed E-state index contributed by atoms with van der Waals surface area (Å²) in [5.41, 5.74) is 1.43. The van der Waals surface area contributed by atoms with Gasteiger partial charge in [-0.2, -0.15) is 0 Å². The third-order valence-corrected chi connectivity index (χ3v) is 3.34. The van der Waals surface area contributed by atoms with Crippen LogP contribution in [0.3, 0.4) is 0 Å². The number of aryl methyl sites for hydroxylation is 1. The molecule has 0 N–H and O–H groups in total. The molecule has 0 saturated heterocycles. The normalized spacial score (nSPS) is 13.0. The molecule has 0 spiro atoms. The van der Waals surface area contributed by atoms with Gasteiger partial charge in [-0.3, -0.25) is 0 Å². The minimum absolute atomic E-state index is 0.105. The Kier molecular flexibility index (Phi) is 3.47. The number of halogens is 1. The fourth-order valence-electron chi connectivity index (χ4n) is 1.04. The average molecular weight is 202 g/mol. The lowest BCUT2D eigenvalue weighted by Crippen LogP contribution is -1.93. The van der Waals surface area contributed by atoms with E-state index in [0.29, 0.717) is 5.56 Å². The molecule has 0 bridgehead atoms. The Balaban J connectivity index is 3.07. The van der Waals surface area contributed by atoms with Gasteiger partial charge < -0.3 is 0 Å². The molecule has 3 heteroatoms. The Morgan fingerprint density at radius 2 is 2.17 bits per heavy atom. The van der Waals surface area contributed by atoms with Crippen molar-refractivity contribution in [3.8, 4) is 0 Å². The first-order valence-corrected chi connectivity index (χ1v) is 5.65. The van der Waals surface area contributed by atoms with Crippen LogP contribution < -0.4 is 0 Å². The van der Waals surface area contributed by atoms with E-state index in [0.717, 1.165) is 5.56 Å². The van der Waals surface area contributed by atoms with E-state index in [4.69, 9.17) is 0 Å². The van der Waals surface area contributed by atoms with Gasteiger partial charge in [0.15, 0.2) is 0 Å². The van der Waals surface area contributed by atoms with E-state index < -0.39 is 0 Å². The molecule has 0 aromatic heterocycles. The van der Waals surface area contributed by atoms with Gasteiger partial charge in [-0.05, 0) is 19.4 Å². The monoisotopic (exact) mass is 202 g/mol. The smallest absolute Gasteiger partial charge is 0.130 e. The van der Waals surface area contributed by atoms with Gasteiger partial charge in [0.1, 0.15) is 5.82 Å². The molecule has 0 aliphatic carbocycles. The predicted octanol–water partition coefficient (Wildman–Crippen LogP) is 3.77. The molecular weight excluding hydrogens is 191 g/mol. The molecule has 1 rings (SSSR count). The van der Waals surface area contributed by atoms with Gasteiger partial charge in [-0.15, -0.1) is 11.7 Å². The van der Waals surface area contributed by atoms with Crippen LogP contribution in [0.15, 0.2) is 18.2 Å². The lowest BCUT2D eigenvalue weighted by molar-refractivity contribution is 0.602. The van der Waals surface area contributed by atoms with Crippen molar-refractivity contribution in [3.05, 3.63) is 35.1 Å². The number of thiol groups is 1. The van der Waals surface area contributed by atoms with Crippen LogP contribution in [0.1, 0.15) is 23.3 Å². The predicted molar refractivity (Wildman–Crippen MR) is 56.1 cm³/mol. The van der Waals surface area contributed by atoms with Crippen LogP contribution in [0.4, 0.5) is 4.39 Å². The van der Waals surface area contributed by atoms with Crippen molar-refractivity contribution in [3.63, 3.8) is 0 Å². The fraction of sp³-hybridized carbons (Fsp3) is 0.333. The van der Waals surface area contributed by atoms with Crippen LogP contribution in [-0.4, -0.2) is 0 Å². The van der Waals surface area contributed by atoms with Crippen LogP contribution in [-0.2, 0) is 0 Å². The maximum atomic E-state index is 13.4. The van der Waals surface area contributed by atoms with E-state index in [2.05, 4.69) is 11.7 Å². The molecule has 0 radical (unpaired) electrons. The number of hydrogen-bond acceptors (Lipinski definition) is 2. The Labute approximate surface area is 81.4 Å². The highest BCUT2D eigenvalue weighted by atomic mass is 33.1. The first-order valence-electron chi connectivity index (χ1n) is 3.72. The van der Waals surface area contributed by atoms with Gasteiger partial charge >= 0.3 is 0 Å². The molecule has 66 valence electrons. The minimum atomic E-state index is -0.105. The summed E-state index contributed by atoms with van der Waals surface area (Å²) in [5.74, 6) is -0.105. The molecule has 1 unspecified atom stereocenters. The van der Waals surface area contributed by atoms with E-state index in [1.807, 2.05) is 13.0 Å². The average Bonchev–Trinajstić information content (AvgIpc) is 2.08. The quantitative estimate of drug-likeness (QED) is 0.562. The second kappa shape index (κ2) is 4.19. The van der Waals surface area contributed by atoms with Crippen molar-refractivity contribution in [1.82, 2.24) is 0 Å². The zero-order valence-electron chi connectivity index (χ0n) is 7.04. The second-order valence-electron chi connectivity index (χ2n) is 2.73. The highest BCUT2D eigenvalue weighted by molar-refractivity contribution is 8.68. The van der Waals surface area contributed by atoms with E-state index in [9.17, 15) is 4.39 Å². The highest BCUT2D eigenvalue weighted by Gasteiger charge is 2.10. The Bertz CT molecular complexity index is 273. The van der Waals surface area contributed by atoms with Crippen LogP contribution in [0.5, 0.6) is 0 Å². The van der Waals surface area contributed by atoms with Gasteiger partial charge in [-0.25, -0.2) is 4.39 Å². The van der Waals surface area contributed by atoms with E-state index in [1.165, 1.54) is 10.8 Å². The first-order chi connectivity index (χ1) is 5.66. The van der Waals surface area contributed by atoms with Gasteiger partial charge in [0.25, 0.3) is 0 Å². The fourth-order valence-corrected chi connectivity index (χ4v) is 1.68. The van der Waals surface area contributed by atoms with E-state index >= 15 is 0 Å². The van der Waals surface area contributed by atoms with Crippen LogP contribution >= 0.6 is 22.5 Å². The van der Waals surface area contributed by atoms with Gasteiger partial charge in [0, 0.05) is 10.8 Å². The molecular formula is C9H11FS2. The van der Waals surface area contributed by atoms with Crippen molar-refractivity contribution >= 4 is 22.5 Å². The summed E-state index contributed by atoms with van der Waals surface area (Å²) >= 11 is 4.06. The molecule has 1 atom stereocenters.